The Bertz CT molecular complexity index is 368. The summed E-state index contributed by atoms with van der Waals surface area (Å²) in [5, 5.41) is 3.81. The van der Waals surface area contributed by atoms with Gasteiger partial charge in [-0.05, 0) is 61.8 Å². The van der Waals surface area contributed by atoms with Crippen LogP contribution in [0, 0.1) is 5.41 Å². The fraction of sp³-hybridized carbons (Fsp3) is 0.688. The van der Waals surface area contributed by atoms with Gasteiger partial charge in [0.1, 0.15) is 0 Å². The Morgan fingerprint density at radius 1 is 1.11 bits per heavy atom. The van der Waals surface area contributed by atoms with E-state index in [9.17, 15) is 0 Å². The highest BCUT2D eigenvalue weighted by Gasteiger charge is 2.46. The zero-order valence-electron chi connectivity index (χ0n) is 11.2. The molecule has 1 aromatic heterocycles. The molecule has 0 bridgehead atoms. The molecule has 1 spiro atoms. The second-order valence-corrected chi connectivity index (χ2v) is 6.07. The van der Waals surface area contributed by atoms with E-state index in [2.05, 4.69) is 22.4 Å². The standard InChI is InChI=1S/C16H24N2/c1-2-8-16(9-3-1)10-4-15(16)18-13-7-14-5-11-17-12-6-14/h5-6,11-12,15,18H,1-4,7-10,13H2. The summed E-state index contributed by atoms with van der Waals surface area (Å²) in [6, 6.07) is 5.05. The molecule has 0 aliphatic heterocycles. The fourth-order valence-corrected chi connectivity index (χ4v) is 3.81. The monoisotopic (exact) mass is 244 g/mol. The number of nitrogens with zero attached hydrogens (tertiary/aromatic N) is 1. The van der Waals surface area contributed by atoms with Crippen LogP contribution in [0.25, 0.3) is 0 Å². The maximum Gasteiger partial charge on any atom is 0.0270 e. The van der Waals surface area contributed by atoms with Crippen LogP contribution in [0.5, 0.6) is 0 Å². The van der Waals surface area contributed by atoms with Crippen molar-refractivity contribution in [3.8, 4) is 0 Å². The summed E-state index contributed by atoms with van der Waals surface area (Å²) >= 11 is 0. The third-order valence-corrected chi connectivity index (χ3v) is 5.07. The molecule has 0 aromatic carbocycles. The Morgan fingerprint density at radius 3 is 2.56 bits per heavy atom. The smallest absolute Gasteiger partial charge is 0.0270 e. The van der Waals surface area contributed by atoms with Crippen LogP contribution >= 0.6 is 0 Å². The van der Waals surface area contributed by atoms with Gasteiger partial charge in [0.05, 0.1) is 0 Å². The lowest BCUT2D eigenvalue weighted by Gasteiger charge is -2.52. The van der Waals surface area contributed by atoms with E-state index in [1.165, 1.54) is 50.5 Å². The number of pyridine rings is 1. The molecular formula is C16H24N2. The minimum absolute atomic E-state index is 0.691. The van der Waals surface area contributed by atoms with Gasteiger partial charge in [0.25, 0.3) is 0 Å². The van der Waals surface area contributed by atoms with Gasteiger partial charge >= 0.3 is 0 Å². The molecule has 1 unspecified atom stereocenters. The Labute approximate surface area is 110 Å². The van der Waals surface area contributed by atoms with Gasteiger partial charge in [-0.25, -0.2) is 0 Å². The van der Waals surface area contributed by atoms with Crippen molar-refractivity contribution < 1.29 is 0 Å². The minimum Gasteiger partial charge on any atom is -0.313 e. The molecule has 0 amide bonds. The molecule has 2 nitrogen and oxygen atoms in total. The van der Waals surface area contributed by atoms with Gasteiger partial charge in [-0.2, -0.15) is 0 Å². The van der Waals surface area contributed by atoms with E-state index in [0.717, 1.165) is 19.0 Å². The van der Waals surface area contributed by atoms with Crippen LogP contribution in [0.2, 0.25) is 0 Å². The highest BCUT2D eigenvalue weighted by molar-refractivity contribution is 5.10. The summed E-state index contributed by atoms with van der Waals surface area (Å²) in [6.07, 6.45) is 15.1. The summed E-state index contributed by atoms with van der Waals surface area (Å²) in [5.74, 6) is 0. The van der Waals surface area contributed by atoms with Crippen molar-refractivity contribution in [3.63, 3.8) is 0 Å². The zero-order valence-corrected chi connectivity index (χ0v) is 11.2. The summed E-state index contributed by atoms with van der Waals surface area (Å²) in [6.45, 7) is 1.12. The zero-order chi connectivity index (χ0) is 12.3. The molecule has 3 rings (SSSR count). The average molecular weight is 244 g/mol. The van der Waals surface area contributed by atoms with Crippen molar-refractivity contribution in [2.24, 2.45) is 5.41 Å². The van der Waals surface area contributed by atoms with Gasteiger partial charge in [-0.1, -0.05) is 19.3 Å². The van der Waals surface area contributed by atoms with Crippen LogP contribution in [-0.4, -0.2) is 17.6 Å². The van der Waals surface area contributed by atoms with Crippen molar-refractivity contribution in [1.29, 1.82) is 0 Å². The second-order valence-electron chi connectivity index (χ2n) is 6.07. The van der Waals surface area contributed by atoms with Crippen molar-refractivity contribution >= 4 is 0 Å². The van der Waals surface area contributed by atoms with Crippen molar-refractivity contribution in [3.05, 3.63) is 30.1 Å². The number of aromatic nitrogens is 1. The van der Waals surface area contributed by atoms with E-state index in [-0.39, 0.29) is 0 Å². The molecule has 1 atom stereocenters. The van der Waals surface area contributed by atoms with E-state index in [1.807, 2.05) is 12.4 Å². The fourth-order valence-electron chi connectivity index (χ4n) is 3.81. The SMILES string of the molecule is c1cc(CCNC2CCC23CCCCC3)ccn1. The van der Waals surface area contributed by atoms with Crippen LogP contribution in [0.1, 0.15) is 50.5 Å². The molecule has 1 aromatic rings. The Balaban J connectivity index is 1.46. The first-order chi connectivity index (χ1) is 8.89. The van der Waals surface area contributed by atoms with Crippen LogP contribution in [0.15, 0.2) is 24.5 Å². The summed E-state index contributed by atoms with van der Waals surface area (Å²) < 4.78 is 0. The molecular weight excluding hydrogens is 220 g/mol. The van der Waals surface area contributed by atoms with Crippen LogP contribution in [-0.2, 0) is 6.42 Å². The number of hydrogen-bond donors (Lipinski definition) is 1. The van der Waals surface area contributed by atoms with Crippen molar-refractivity contribution in [1.82, 2.24) is 10.3 Å². The summed E-state index contributed by atoms with van der Waals surface area (Å²) in [7, 11) is 0. The van der Waals surface area contributed by atoms with Gasteiger partial charge in [0.2, 0.25) is 0 Å². The highest BCUT2D eigenvalue weighted by Crippen LogP contribution is 2.51. The molecule has 0 saturated heterocycles. The summed E-state index contributed by atoms with van der Waals surface area (Å²) in [5.41, 5.74) is 2.09. The molecule has 2 heteroatoms. The van der Waals surface area contributed by atoms with E-state index in [4.69, 9.17) is 0 Å². The van der Waals surface area contributed by atoms with Gasteiger partial charge in [-0.3, -0.25) is 4.98 Å². The van der Waals surface area contributed by atoms with E-state index < -0.39 is 0 Å². The van der Waals surface area contributed by atoms with E-state index >= 15 is 0 Å². The third-order valence-electron chi connectivity index (χ3n) is 5.07. The van der Waals surface area contributed by atoms with E-state index in [1.54, 1.807) is 0 Å². The predicted molar refractivity (Wildman–Crippen MR) is 74.5 cm³/mol. The molecule has 1 heterocycles. The molecule has 98 valence electrons. The first-order valence-electron chi connectivity index (χ1n) is 7.51. The molecule has 2 aliphatic carbocycles. The Morgan fingerprint density at radius 2 is 1.89 bits per heavy atom. The lowest BCUT2D eigenvalue weighted by molar-refractivity contribution is 0.0236. The van der Waals surface area contributed by atoms with Gasteiger partial charge < -0.3 is 5.32 Å². The second kappa shape index (κ2) is 5.40. The maximum atomic E-state index is 4.06. The van der Waals surface area contributed by atoms with Crippen LogP contribution in [0.3, 0.4) is 0 Å². The van der Waals surface area contributed by atoms with Crippen molar-refractivity contribution in [2.45, 2.75) is 57.4 Å². The quantitative estimate of drug-likeness (QED) is 0.879. The number of nitrogens with one attached hydrogen (secondary N) is 1. The maximum absolute atomic E-state index is 4.06. The lowest BCUT2D eigenvalue weighted by Crippen LogP contribution is -2.54. The molecule has 2 fully saturated rings. The average Bonchev–Trinajstić information content (AvgIpc) is 2.44. The minimum atomic E-state index is 0.691. The van der Waals surface area contributed by atoms with Gasteiger partial charge in [-0.15, -0.1) is 0 Å². The molecule has 2 aliphatic rings. The van der Waals surface area contributed by atoms with Crippen LogP contribution in [0.4, 0.5) is 0 Å². The van der Waals surface area contributed by atoms with E-state index in [0.29, 0.717) is 5.41 Å². The van der Waals surface area contributed by atoms with Crippen LogP contribution < -0.4 is 5.32 Å². The van der Waals surface area contributed by atoms with Gasteiger partial charge in [0, 0.05) is 18.4 Å². The molecule has 2 saturated carbocycles. The normalized spacial score (nSPS) is 25.9. The van der Waals surface area contributed by atoms with Crippen molar-refractivity contribution in [2.75, 3.05) is 6.54 Å². The largest absolute Gasteiger partial charge is 0.313 e. The topological polar surface area (TPSA) is 24.9 Å². The highest BCUT2D eigenvalue weighted by atomic mass is 15.0. The van der Waals surface area contributed by atoms with Gasteiger partial charge in [0.15, 0.2) is 0 Å². The lowest BCUT2D eigenvalue weighted by atomic mass is 9.57. The molecule has 18 heavy (non-hydrogen) atoms. The first-order valence-corrected chi connectivity index (χ1v) is 7.51. The predicted octanol–water partition coefficient (Wildman–Crippen LogP) is 3.33. The summed E-state index contributed by atoms with van der Waals surface area (Å²) in [4.78, 5) is 4.06. The molecule has 1 N–H and O–H groups in total. The molecule has 0 radical (unpaired) electrons. The number of rotatable bonds is 4. The first kappa shape index (κ1) is 12.2. The Kier molecular flexibility index (Phi) is 3.64. The third kappa shape index (κ3) is 2.44. The number of hydrogen-bond acceptors (Lipinski definition) is 2. The Hall–Kier alpha value is -0.890.